The Bertz CT molecular complexity index is 729. The molecule has 0 saturated carbocycles. The van der Waals surface area contributed by atoms with Gasteiger partial charge in [-0.2, -0.15) is 8.42 Å². The summed E-state index contributed by atoms with van der Waals surface area (Å²) >= 11 is 11.7. The third kappa shape index (κ3) is 3.00. The van der Waals surface area contributed by atoms with Crippen LogP contribution in [0.4, 0.5) is 0 Å². The second-order valence-corrected chi connectivity index (χ2v) is 6.04. The molecule has 0 atom stereocenters. The maximum Gasteiger partial charge on any atom is 0.340 e. The fourth-order valence-corrected chi connectivity index (χ4v) is 3.21. The lowest BCUT2D eigenvalue weighted by molar-refractivity contribution is 0.390. The summed E-state index contributed by atoms with van der Waals surface area (Å²) in [7, 11) is -2.68. The smallest absolute Gasteiger partial charge is 0.340 e. The topological polar surface area (TPSA) is 52.6 Å². The fourth-order valence-electron chi connectivity index (χ4n) is 1.53. The number of rotatable bonds is 4. The average Bonchev–Trinajstić information content (AvgIpc) is 2.42. The van der Waals surface area contributed by atoms with Gasteiger partial charge in [0.05, 0.1) is 17.2 Å². The van der Waals surface area contributed by atoms with Gasteiger partial charge in [-0.1, -0.05) is 41.4 Å². The second-order valence-electron chi connectivity index (χ2n) is 3.74. The highest BCUT2D eigenvalue weighted by Gasteiger charge is 2.23. The Kier molecular flexibility index (Phi) is 4.42. The molecule has 0 aliphatic rings. The molecule has 0 aromatic heterocycles. The Balaban J connectivity index is 2.44. The Labute approximate surface area is 127 Å². The number of para-hydroxylation sites is 2. The summed E-state index contributed by atoms with van der Waals surface area (Å²) in [5.74, 6) is 0.375. The van der Waals surface area contributed by atoms with E-state index in [1.165, 1.54) is 31.4 Å². The zero-order valence-corrected chi connectivity index (χ0v) is 12.7. The van der Waals surface area contributed by atoms with Gasteiger partial charge in [0.2, 0.25) is 0 Å². The van der Waals surface area contributed by atoms with Crippen molar-refractivity contribution in [1.29, 1.82) is 0 Å². The van der Waals surface area contributed by atoms with Crippen LogP contribution in [0.1, 0.15) is 0 Å². The highest BCUT2D eigenvalue weighted by atomic mass is 35.5. The van der Waals surface area contributed by atoms with Crippen LogP contribution in [-0.2, 0) is 10.1 Å². The first-order chi connectivity index (χ1) is 9.45. The van der Waals surface area contributed by atoms with Gasteiger partial charge in [-0.05, 0) is 24.3 Å². The van der Waals surface area contributed by atoms with Gasteiger partial charge >= 0.3 is 10.1 Å². The van der Waals surface area contributed by atoms with Crippen molar-refractivity contribution in [2.24, 2.45) is 0 Å². The molecule has 0 aliphatic carbocycles. The van der Waals surface area contributed by atoms with Crippen molar-refractivity contribution in [3.8, 4) is 11.5 Å². The highest BCUT2D eigenvalue weighted by Crippen LogP contribution is 2.33. The van der Waals surface area contributed by atoms with Gasteiger partial charge in [0.1, 0.15) is 4.90 Å². The van der Waals surface area contributed by atoms with E-state index in [2.05, 4.69) is 0 Å². The minimum atomic E-state index is -4.10. The first kappa shape index (κ1) is 15.0. The minimum absolute atomic E-state index is 0.0750. The molecule has 0 heterocycles. The van der Waals surface area contributed by atoms with E-state index in [0.717, 1.165) is 0 Å². The maximum atomic E-state index is 12.2. The van der Waals surface area contributed by atoms with Crippen LogP contribution < -0.4 is 8.92 Å². The predicted molar refractivity (Wildman–Crippen MR) is 77.3 cm³/mol. The number of hydrogen-bond acceptors (Lipinski definition) is 4. The molecule has 0 radical (unpaired) electrons. The molecule has 7 heteroatoms. The van der Waals surface area contributed by atoms with Gasteiger partial charge in [0.15, 0.2) is 11.5 Å². The molecular formula is C13H10Cl2O4S. The summed E-state index contributed by atoms with van der Waals surface area (Å²) in [5, 5.41) is 0.0560. The Morgan fingerprint density at radius 1 is 0.950 bits per heavy atom. The summed E-state index contributed by atoms with van der Waals surface area (Å²) in [6, 6.07) is 10.7. The summed E-state index contributed by atoms with van der Waals surface area (Å²) in [6.45, 7) is 0. The van der Waals surface area contributed by atoms with Crippen LogP contribution in [0, 0.1) is 0 Å². The molecule has 0 N–H and O–H groups in total. The van der Waals surface area contributed by atoms with Crippen molar-refractivity contribution in [2.75, 3.05) is 7.11 Å². The first-order valence-corrected chi connectivity index (χ1v) is 7.63. The quantitative estimate of drug-likeness (QED) is 0.799. The molecule has 0 aliphatic heterocycles. The fraction of sp³-hybridized carbons (Fsp3) is 0.0769. The Morgan fingerprint density at radius 2 is 1.60 bits per heavy atom. The molecule has 2 aromatic rings. The van der Waals surface area contributed by atoms with Crippen LogP contribution in [0.3, 0.4) is 0 Å². The lowest BCUT2D eigenvalue weighted by atomic mass is 10.3. The number of methoxy groups -OCH3 is 1. The number of hydrogen-bond donors (Lipinski definition) is 0. The molecule has 106 valence electrons. The molecule has 0 saturated heterocycles. The van der Waals surface area contributed by atoms with Crippen molar-refractivity contribution in [3.63, 3.8) is 0 Å². The number of halogens is 2. The van der Waals surface area contributed by atoms with E-state index in [1.54, 1.807) is 18.2 Å². The molecule has 0 amide bonds. The molecule has 0 unspecified atom stereocenters. The van der Waals surface area contributed by atoms with E-state index in [1.807, 2.05) is 0 Å². The highest BCUT2D eigenvalue weighted by molar-refractivity contribution is 7.87. The average molecular weight is 333 g/mol. The van der Waals surface area contributed by atoms with E-state index in [9.17, 15) is 8.42 Å². The molecule has 2 rings (SSSR count). The molecule has 0 fully saturated rings. The second kappa shape index (κ2) is 5.91. The summed E-state index contributed by atoms with van der Waals surface area (Å²) in [6.07, 6.45) is 0. The van der Waals surface area contributed by atoms with Crippen molar-refractivity contribution in [1.82, 2.24) is 0 Å². The van der Waals surface area contributed by atoms with Gasteiger partial charge in [-0.15, -0.1) is 0 Å². The van der Waals surface area contributed by atoms with Gasteiger partial charge in [-0.25, -0.2) is 0 Å². The third-order valence-electron chi connectivity index (χ3n) is 2.45. The van der Waals surface area contributed by atoms with Gasteiger partial charge < -0.3 is 8.92 Å². The van der Waals surface area contributed by atoms with Crippen molar-refractivity contribution in [2.45, 2.75) is 4.90 Å². The maximum absolute atomic E-state index is 12.2. The lowest BCUT2D eigenvalue weighted by Crippen LogP contribution is -2.11. The molecule has 0 spiro atoms. The number of ether oxygens (including phenoxy) is 1. The van der Waals surface area contributed by atoms with Crippen LogP contribution in [-0.4, -0.2) is 15.5 Å². The Morgan fingerprint density at radius 3 is 2.25 bits per heavy atom. The normalized spacial score (nSPS) is 11.2. The SMILES string of the molecule is COc1ccccc1OS(=O)(=O)c1cccc(Cl)c1Cl. The molecule has 2 aromatic carbocycles. The summed E-state index contributed by atoms with van der Waals surface area (Å²) < 4.78 is 34.5. The van der Waals surface area contributed by atoms with Gasteiger partial charge in [0, 0.05) is 0 Å². The van der Waals surface area contributed by atoms with Crippen LogP contribution in [0.15, 0.2) is 47.4 Å². The van der Waals surface area contributed by atoms with Crippen LogP contribution in [0.2, 0.25) is 10.0 Å². The third-order valence-corrected chi connectivity index (χ3v) is 4.66. The van der Waals surface area contributed by atoms with Crippen LogP contribution in [0.5, 0.6) is 11.5 Å². The monoisotopic (exact) mass is 332 g/mol. The minimum Gasteiger partial charge on any atom is -0.493 e. The zero-order chi connectivity index (χ0) is 14.8. The lowest BCUT2D eigenvalue weighted by Gasteiger charge is -2.11. The molecule has 0 bridgehead atoms. The summed E-state index contributed by atoms with van der Waals surface area (Å²) in [5.41, 5.74) is 0. The van der Waals surface area contributed by atoms with Gasteiger partial charge in [0.25, 0.3) is 0 Å². The zero-order valence-electron chi connectivity index (χ0n) is 10.3. The van der Waals surface area contributed by atoms with E-state index in [4.69, 9.17) is 32.1 Å². The van der Waals surface area contributed by atoms with E-state index in [-0.39, 0.29) is 20.7 Å². The predicted octanol–water partition coefficient (Wildman–Crippen LogP) is 3.77. The van der Waals surface area contributed by atoms with Crippen LogP contribution >= 0.6 is 23.2 Å². The van der Waals surface area contributed by atoms with Crippen molar-refractivity contribution in [3.05, 3.63) is 52.5 Å². The summed E-state index contributed by atoms with van der Waals surface area (Å²) in [4.78, 5) is -0.197. The van der Waals surface area contributed by atoms with E-state index >= 15 is 0 Å². The Hall–Kier alpha value is -1.43. The van der Waals surface area contributed by atoms with Gasteiger partial charge in [-0.3, -0.25) is 0 Å². The van der Waals surface area contributed by atoms with E-state index in [0.29, 0.717) is 5.75 Å². The molecule has 4 nitrogen and oxygen atoms in total. The van der Waals surface area contributed by atoms with E-state index < -0.39 is 10.1 Å². The largest absolute Gasteiger partial charge is 0.493 e. The van der Waals surface area contributed by atoms with Crippen molar-refractivity contribution >= 4 is 33.3 Å². The number of benzene rings is 2. The standard InChI is InChI=1S/C13H10Cl2O4S/c1-18-10-6-2-3-7-11(10)19-20(16,17)12-8-4-5-9(14)13(12)15/h2-8H,1H3. The molecule has 20 heavy (non-hydrogen) atoms. The van der Waals surface area contributed by atoms with Crippen LogP contribution in [0.25, 0.3) is 0 Å². The first-order valence-electron chi connectivity index (χ1n) is 5.47. The molecular weight excluding hydrogens is 323 g/mol. The van der Waals surface area contributed by atoms with Crippen molar-refractivity contribution < 1.29 is 17.3 Å².